The van der Waals surface area contributed by atoms with Gasteiger partial charge in [-0.1, -0.05) is 63.2 Å². The number of benzene rings is 2. The molecule has 0 saturated carbocycles. The Kier molecular flexibility index (Phi) is 6.10. The molecule has 0 atom stereocenters. The number of halogens is 1. The first kappa shape index (κ1) is 18.1. The average molecular weight is 385 g/mol. The maximum Gasteiger partial charge on any atom is 0.271 e. The van der Waals surface area contributed by atoms with Gasteiger partial charge < -0.3 is 0 Å². The molecule has 2 aromatic carbocycles. The maximum absolute atomic E-state index is 12.1. The summed E-state index contributed by atoms with van der Waals surface area (Å²) >= 11 is 3.41. The number of hydrazone groups is 1. The van der Waals surface area contributed by atoms with Crippen LogP contribution < -0.4 is 5.43 Å². The van der Waals surface area contributed by atoms with Crippen LogP contribution in [0, 0.1) is 0 Å². The monoisotopic (exact) mass is 384 g/mol. The zero-order valence-electron chi connectivity index (χ0n) is 14.1. The Morgan fingerprint density at radius 2 is 1.67 bits per heavy atom. The van der Waals surface area contributed by atoms with Gasteiger partial charge in [0, 0.05) is 10.0 Å². The number of carbonyl (C=O) groups excluding carboxylic acids is 1. The number of allylic oxidation sites excluding steroid dienone is 1. The molecule has 2 rings (SSSR count). The van der Waals surface area contributed by atoms with E-state index in [0.717, 1.165) is 10.0 Å². The molecule has 2 aromatic rings. The van der Waals surface area contributed by atoms with Crippen molar-refractivity contribution < 1.29 is 4.79 Å². The fourth-order valence-electron chi connectivity index (χ4n) is 2.08. The average Bonchev–Trinajstić information content (AvgIpc) is 2.55. The summed E-state index contributed by atoms with van der Waals surface area (Å²) in [6.07, 6.45) is 3.49. The minimum atomic E-state index is -0.230. The van der Waals surface area contributed by atoms with Crippen molar-refractivity contribution in [2.45, 2.75) is 26.2 Å². The van der Waals surface area contributed by atoms with E-state index in [-0.39, 0.29) is 11.3 Å². The van der Waals surface area contributed by atoms with E-state index in [1.54, 1.807) is 6.21 Å². The number of hydrogen-bond donors (Lipinski definition) is 1. The minimum Gasteiger partial charge on any atom is -0.267 e. The molecule has 124 valence electrons. The topological polar surface area (TPSA) is 41.5 Å². The smallest absolute Gasteiger partial charge is 0.267 e. The Hall–Kier alpha value is -2.20. The standard InChI is InChI=1S/C20H21BrN2O/c1-20(2,3)17-11-9-16(10-12-17)19(24)23-22-14-18(21)13-15-7-5-4-6-8-15/h4-14H,1-3H3,(H,23,24). The summed E-state index contributed by atoms with van der Waals surface area (Å²) in [5, 5.41) is 3.98. The van der Waals surface area contributed by atoms with Gasteiger partial charge in [-0.3, -0.25) is 4.79 Å². The lowest BCUT2D eigenvalue weighted by Gasteiger charge is -2.18. The first-order chi connectivity index (χ1) is 11.4. The molecule has 0 unspecified atom stereocenters. The normalized spacial score (nSPS) is 12.4. The Bertz CT molecular complexity index is 741. The number of amides is 1. The zero-order chi connectivity index (χ0) is 17.6. The Labute approximate surface area is 151 Å². The molecule has 0 aliphatic rings. The second-order valence-electron chi connectivity index (χ2n) is 6.47. The van der Waals surface area contributed by atoms with Crippen molar-refractivity contribution in [2.75, 3.05) is 0 Å². The summed E-state index contributed by atoms with van der Waals surface area (Å²) in [4.78, 5) is 12.1. The molecule has 0 saturated heterocycles. The van der Waals surface area contributed by atoms with Crippen LogP contribution in [0.4, 0.5) is 0 Å². The van der Waals surface area contributed by atoms with Gasteiger partial charge in [-0.15, -0.1) is 0 Å². The molecular formula is C20H21BrN2O. The number of rotatable bonds is 4. The molecule has 1 amide bonds. The van der Waals surface area contributed by atoms with Gasteiger partial charge in [-0.25, -0.2) is 5.43 Å². The van der Waals surface area contributed by atoms with E-state index in [2.05, 4.69) is 47.2 Å². The van der Waals surface area contributed by atoms with Gasteiger partial charge >= 0.3 is 0 Å². The fourth-order valence-corrected chi connectivity index (χ4v) is 2.45. The lowest BCUT2D eigenvalue weighted by Crippen LogP contribution is -2.18. The van der Waals surface area contributed by atoms with E-state index in [4.69, 9.17) is 0 Å². The van der Waals surface area contributed by atoms with Crippen LogP contribution in [0.25, 0.3) is 6.08 Å². The highest BCUT2D eigenvalue weighted by molar-refractivity contribution is 9.12. The van der Waals surface area contributed by atoms with Crippen LogP contribution in [0.3, 0.4) is 0 Å². The molecule has 0 aliphatic heterocycles. The number of nitrogens with one attached hydrogen (secondary N) is 1. The van der Waals surface area contributed by atoms with Gasteiger partial charge in [-0.05, 0) is 50.7 Å². The third kappa shape index (κ3) is 5.46. The highest BCUT2D eigenvalue weighted by Gasteiger charge is 2.14. The summed E-state index contributed by atoms with van der Waals surface area (Å²) in [7, 11) is 0. The van der Waals surface area contributed by atoms with Crippen molar-refractivity contribution in [3.8, 4) is 0 Å². The van der Waals surface area contributed by atoms with Crippen LogP contribution in [0.15, 0.2) is 64.2 Å². The second kappa shape index (κ2) is 8.06. The SMILES string of the molecule is CC(C)(C)c1ccc(C(=O)NN=CC(Br)=Cc2ccccc2)cc1. The van der Waals surface area contributed by atoms with E-state index < -0.39 is 0 Å². The van der Waals surface area contributed by atoms with E-state index in [0.29, 0.717) is 5.56 Å². The van der Waals surface area contributed by atoms with Crippen molar-refractivity contribution in [1.82, 2.24) is 5.43 Å². The van der Waals surface area contributed by atoms with Crippen LogP contribution in [-0.4, -0.2) is 12.1 Å². The minimum absolute atomic E-state index is 0.0697. The van der Waals surface area contributed by atoms with E-state index in [1.807, 2.05) is 60.7 Å². The van der Waals surface area contributed by atoms with Crippen molar-refractivity contribution in [3.05, 3.63) is 75.8 Å². The molecule has 1 N–H and O–H groups in total. The second-order valence-corrected chi connectivity index (χ2v) is 7.38. The van der Waals surface area contributed by atoms with Crippen LogP contribution in [0.2, 0.25) is 0 Å². The number of carbonyl (C=O) groups is 1. The third-order valence-corrected chi connectivity index (χ3v) is 3.90. The molecule has 0 heterocycles. The Morgan fingerprint density at radius 3 is 2.25 bits per heavy atom. The Morgan fingerprint density at radius 1 is 1.04 bits per heavy atom. The molecule has 0 fully saturated rings. The molecule has 3 nitrogen and oxygen atoms in total. The molecule has 0 aromatic heterocycles. The molecular weight excluding hydrogens is 364 g/mol. The molecule has 24 heavy (non-hydrogen) atoms. The molecule has 0 spiro atoms. The van der Waals surface area contributed by atoms with E-state index in [9.17, 15) is 4.79 Å². The number of nitrogens with zero attached hydrogens (tertiary/aromatic N) is 1. The van der Waals surface area contributed by atoms with Crippen molar-refractivity contribution >= 4 is 34.1 Å². The molecule has 0 aliphatic carbocycles. The highest BCUT2D eigenvalue weighted by atomic mass is 79.9. The van der Waals surface area contributed by atoms with Gasteiger partial charge in [0.25, 0.3) is 5.91 Å². The van der Waals surface area contributed by atoms with Gasteiger partial charge in [0.15, 0.2) is 0 Å². The first-order valence-corrected chi connectivity index (χ1v) is 8.52. The largest absolute Gasteiger partial charge is 0.271 e. The Balaban J connectivity index is 1.96. The lowest BCUT2D eigenvalue weighted by atomic mass is 9.87. The summed E-state index contributed by atoms with van der Waals surface area (Å²) in [6.45, 7) is 6.43. The number of hydrogen-bond acceptors (Lipinski definition) is 2. The maximum atomic E-state index is 12.1. The van der Waals surface area contributed by atoms with Gasteiger partial charge in [-0.2, -0.15) is 5.10 Å². The molecule has 4 heteroatoms. The van der Waals surface area contributed by atoms with E-state index in [1.165, 1.54) is 5.56 Å². The van der Waals surface area contributed by atoms with Crippen LogP contribution in [0.5, 0.6) is 0 Å². The van der Waals surface area contributed by atoms with Gasteiger partial charge in [0.1, 0.15) is 0 Å². The van der Waals surface area contributed by atoms with Crippen molar-refractivity contribution in [1.29, 1.82) is 0 Å². The predicted octanol–water partition coefficient (Wildman–Crippen LogP) is 5.14. The van der Waals surface area contributed by atoms with Gasteiger partial charge in [0.2, 0.25) is 0 Å². The summed E-state index contributed by atoms with van der Waals surface area (Å²) < 4.78 is 0.775. The van der Waals surface area contributed by atoms with Crippen molar-refractivity contribution in [2.24, 2.45) is 5.10 Å². The van der Waals surface area contributed by atoms with Crippen LogP contribution >= 0.6 is 15.9 Å². The first-order valence-electron chi connectivity index (χ1n) is 7.72. The van der Waals surface area contributed by atoms with Crippen LogP contribution in [-0.2, 0) is 5.41 Å². The molecule has 0 radical (unpaired) electrons. The lowest BCUT2D eigenvalue weighted by molar-refractivity contribution is 0.0955. The predicted molar refractivity (Wildman–Crippen MR) is 104 cm³/mol. The summed E-state index contributed by atoms with van der Waals surface area (Å²) in [5.41, 5.74) is 5.44. The summed E-state index contributed by atoms with van der Waals surface area (Å²) in [5.74, 6) is -0.230. The van der Waals surface area contributed by atoms with Crippen molar-refractivity contribution in [3.63, 3.8) is 0 Å². The quantitative estimate of drug-likeness (QED) is 0.575. The van der Waals surface area contributed by atoms with Gasteiger partial charge in [0.05, 0.1) is 6.21 Å². The molecule has 0 bridgehead atoms. The van der Waals surface area contributed by atoms with E-state index >= 15 is 0 Å². The fraction of sp³-hybridized carbons (Fsp3) is 0.200. The highest BCUT2D eigenvalue weighted by Crippen LogP contribution is 2.22. The summed E-state index contributed by atoms with van der Waals surface area (Å²) in [6, 6.07) is 17.5. The zero-order valence-corrected chi connectivity index (χ0v) is 15.7. The third-order valence-electron chi connectivity index (χ3n) is 3.47. The van der Waals surface area contributed by atoms with Crippen LogP contribution in [0.1, 0.15) is 42.3 Å².